The second-order valence-electron chi connectivity index (χ2n) is 5.89. The smallest absolute Gasteiger partial charge is 0.323 e. The van der Waals surface area contributed by atoms with Crippen molar-refractivity contribution in [1.82, 2.24) is 5.32 Å². The van der Waals surface area contributed by atoms with Crippen LogP contribution in [-0.2, 0) is 22.4 Å². The van der Waals surface area contributed by atoms with Crippen molar-refractivity contribution in [2.45, 2.75) is 31.0 Å². The summed E-state index contributed by atoms with van der Waals surface area (Å²) in [7, 11) is 1.34. The number of benzene rings is 2. The van der Waals surface area contributed by atoms with E-state index >= 15 is 0 Å². The Morgan fingerprint density at radius 2 is 1.60 bits per heavy atom. The van der Waals surface area contributed by atoms with Crippen LogP contribution in [0.1, 0.15) is 11.1 Å². The highest BCUT2D eigenvalue weighted by molar-refractivity contribution is 5.76. The van der Waals surface area contributed by atoms with Gasteiger partial charge >= 0.3 is 5.97 Å². The number of nitrogens with zero attached hydrogens (tertiary/aromatic N) is 1. The number of ether oxygens (including phenoxy) is 1. The topological polar surface area (TPSA) is 88.1 Å². The van der Waals surface area contributed by atoms with Crippen LogP contribution in [-0.4, -0.2) is 31.2 Å². The maximum atomic E-state index is 12.1. The lowest BCUT2D eigenvalue weighted by Gasteiger charge is -2.24. The largest absolute Gasteiger partial charge is 0.468 e. The number of nitriles is 1. The van der Waals surface area contributed by atoms with Gasteiger partial charge in [-0.3, -0.25) is 10.1 Å². The van der Waals surface area contributed by atoms with E-state index in [1.165, 1.54) is 7.11 Å². The predicted molar refractivity (Wildman–Crippen MR) is 96.6 cm³/mol. The third-order valence-corrected chi connectivity index (χ3v) is 4.03. The van der Waals surface area contributed by atoms with Gasteiger partial charge in [0.05, 0.1) is 13.2 Å². The molecule has 3 atom stereocenters. The van der Waals surface area contributed by atoms with Crippen molar-refractivity contribution in [3.63, 3.8) is 0 Å². The summed E-state index contributed by atoms with van der Waals surface area (Å²) < 4.78 is 4.88. The Morgan fingerprint density at radius 1 is 1.08 bits per heavy atom. The summed E-state index contributed by atoms with van der Waals surface area (Å²) in [4.78, 5) is 12.1. The molecule has 3 N–H and O–H groups in total. The molecule has 0 heterocycles. The Kier molecular flexibility index (Phi) is 7.15. The average Bonchev–Trinajstić information content (AvgIpc) is 2.66. The van der Waals surface area contributed by atoms with Gasteiger partial charge in [-0.15, -0.1) is 0 Å². The van der Waals surface area contributed by atoms with Gasteiger partial charge in [0, 0.05) is 6.04 Å². The van der Waals surface area contributed by atoms with Crippen LogP contribution < -0.4 is 11.1 Å². The van der Waals surface area contributed by atoms with Gasteiger partial charge in [0.2, 0.25) is 0 Å². The monoisotopic (exact) mass is 337 g/mol. The number of hydrogen-bond acceptors (Lipinski definition) is 5. The van der Waals surface area contributed by atoms with Gasteiger partial charge in [0.15, 0.2) is 0 Å². The van der Waals surface area contributed by atoms with Crippen LogP contribution in [0.5, 0.6) is 0 Å². The molecule has 0 unspecified atom stereocenters. The summed E-state index contributed by atoms with van der Waals surface area (Å²) >= 11 is 0. The van der Waals surface area contributed by atoms with Crippen molar-refractivity contribution in [2.24, 2.45) is 5.73 Å². The van der Waals surface area contributed by atoms with Crippen LogP contribution in [0.4, 0.5) is 0 Å². The second-order valence-corrected chi connectivity index (χ2v) is 5.89. The van der Waals surface area contributed by atoms with E-state index in [9.17, 15) is 10.1 Å². The molecule has 0 saturated carbocycles. The number of hydrogen-bond donors (Lipinski definition) is 2. The summed E-state index contributed by atoms with van der Waals surface area (Å²) in [5.74, 6) is -0.406. The van der Waals surface area contributed by atoms with E-state index in [4.69, 9.17) is 10.5 Å². The molecule has 130 valence electrons. The molecule has 2 rings (SSSR count). The Bertz CT molecular complexity index is 698. The molecule has 5 heteroatoms. The van der Waals surface area contributed by atoms with Gasteiger partial charge in [-0.05, 0) is 24.0 Å². The molecule has 0 amide bonds. The molecule has 0 aliphatic rings. The maximum Gasteiger partial charge on any atom is 0.323 e. The molecule has 0 aromatic heterocycles. The summed E-state index contributed by atoms with van der Waals surface area (Å²) in [6.07, 6.45) is 0.981. The van der Waals surface area contributed by atoms with E-state index in [-0.39, 0.29) is 0 Å². The van der Waals surface area contributed by atoms with Crippen molar-refractivity contribution in [2.75, 3.05) is 7.11 Å². The van der Waals surface area contributed by atoms with Crippen molar-refractivity contribution < 1.29 is 9.53 Å². The fraction of sp³-hybridized carbons (Fsp3) is 0.300. The lowest BCUT2D eigenvalue weighted by atomic mass is 9.99. The molecule has 0 aliphatic carbocycles. The van der Waals surface area contributed by atoms with Gasteiger partial charge in [-0.2, -0.15) is 5.26 Å². The summed E-state index contributed by atoms with van der Waals surface area (Å²) in [6, 6.07) is 19.8. The average molecular weight is 337 g/mol. The minimum absolute atomic E-state index is 0.406. The highest BCUT2D eigenvalue weighted by Gasteiger charge is 2.26. The van der Waals surface area contributed by atoms with E-state index < -0.39 is 24.1 Å². The van der Waals surface area contributed by atoms with Crippen molar-refractivity contribution in [3.8, 4) is 6.07 Å². The first-order valence-electron chi connectivity index (χ1n) is 8.21. The highest BCUT2D eigenvalue weighted by Crippen LogP contribution is 2.09. The molecule has 0 spiro atoms. The molecule has 25 heavy (non-hydrogen) atoms. The zero-order valence-corrected chi connectivity index (χ0v) is 14.3. The van der Waals surface area contributed by atoms with Gasteiger partial charge < -0.3 is 10.5 Å². The van der Waals surface area contributed by atoms with Crippen LogP contribution in [0.2, 0.25) is 0 Å². The van der Waals surface area contributed by atoms with Crippen LogP contribution in [0.25, 0.3) is 0 Å². The molecule has 0 bridgehead atoms. The summed E-state index contributed by atoms with van der Waals surface area (Å²) in [6.45, 7) is 0. The lowest BCUT2D eigenvalue weighted by molar-refractivity contribution is -0.143. The van der Waals surface area contributed by atoms with Crippen LogP contribution in [0.3, 0.4) is 0 Å². The number of rotatable bonds is 8. The molecule has 2 aromatic rings. The first-order valence-corrected chi connectivity index (χ1v) is 8.21. The summed E-state index contributed by atoms with van der Waals surface area (Å²) in [5, 5.41) is 12.6. The number of nitrogens with one attached hydrogen (secondary N) is 1. The third-order valence-electron chi connectivity index (χ3n) is 4.03. The maximum absolute atomic E-state index is 12.1. The molecule has 0 fully saturated rings. The van der Waals surface area contributed by atoms with Crippen LogP contribution in [0, 0.1) is 11.3 Å². The number of nitrogens with two attached hydrogens (primary N) is 1. The highest BCUT2D eigenvalue weighted by atomic mass is 16.5. The zero-order valence-electron chi connectivity index (χ0n) is 14.3. The molecule has 5 nitrogen and oxygen atoms in total. The standard InChI is InChI=1S/C20H23N3O2/c1-25-20(24)18(13-16-10-6-3-7-11-16)23-19(14-21)17(22)12-15-8-4-2-5-9-15/h2-11,17-19,23H,12-13,22H2,1H3/t17-,18-,19-/m0/s1. The fourth-order valence-electron chi connectivity index (χ4n) is 2.68. The SMILES string of the molecule is COC(=O)[C@H](Cc1ccccc1)N[C@@H](C#N)[C@@H](N)Cc1ccccc1. The molecule has 0 aliphatic heterocycles. The molecular weight excluding hydrogens is 314 g/mol. The van der Waals surface area contributed by atoms with Crippen LogP contribution in [0.15, 0.2) is 60.7 Å². The predicted octanol–water partition coefficient (Wildman–Crippen LogP) is 1.82. The van der Waals surface area contributed by atoms with Gasteiger partial charge in [0.25, 0.3) is 0 Å². The van der Waals surface area contributed by atoms with E-state index in [0.717, 1.165) is 11.1 Å². The number of carbonyl (C=O) groups excluding carboxylic acids is 1. The Balaban J connectivity index is 2.06. The van der Waals surface area contributed by atoms with E-state index in [1.54, 1.807) is 0 Å². The fourth-order valence-corrected chi connectivity index (χ4v) is 2.68. The first kappa shape index (κ1) is 18.7. The van der Waals surface area contributed by atoms with Crippen LogP contribution >= 0.6 is 0 Å². The van der Waals surface area contributed by atoms with E-state index in [2.05, 4.69) is 11.4 Å². The molecule has 0 saturated heterocycles. The minimum Gasteiger partial charge on any atom is -0.468 e. The lowest BCUT2D eigenvalue weighted by Crippen LogP contribution is -2.52. The zero-order chi connectivity index (χ0) is 18.1. The third kappa shape index (κ3) is 5.71. The van der Waals surface area contributed by atoms with Crippen molar-refractivity contribution in [1.29, 1.82) is 5.26 Å². The van der Waals surface area contributed by atoms with Crippen molar-refractivity contribution in [3.05, 3.63) is 71.8 Å². The quantitative estimate of drug-likeness (QED) is 0.718. The molecule has 0 radical (unpaired) electrons. The first-order chi connectivity index (χ1) is 12.1. The number of esters is 1. The Morgan fingerprint density at radius 3 is 2.08 bits per heavy atom. The molecular formula is C20H23N3O2. The van der Waals surface area contributed by atoms with Gasteiger partial charge in [-0.25, -0.2) is 0 Å². The second kappa shape index (κ2) is 9.58. The van der Waals surface area contributed by atoms with E-state index in [1.807, 2.05) is 60.7 Å². The molecule has 2 aromatic carbocycles. The Labute approximate surface area is 148 Å². The Hall–Kier alpha value is -2.68. The minimum atomic E-state index is -0.659. The van der Waals surface area contributed by atoms with E-state index in [0.29, 0.717) is 12.8 Å². The number of carbonyl (C=O) groups is 1. The van der Waals surface area contributed by atoms with Crippen molar-refractivity contribution >= 4 is 5.97 Å². The number of methoxy groups -OCH3 is 1. The normalized spacial score (nSPS) is 14.1. The summed E-state index contributed by atoms with van der Waals surface area (Å²) in [5.41, 5.74) is 8.24. The van der Waals surface area contributed by atoms with Gasteiger partial charge in [0.1, 0.15) is 12.1 Å². The van der Waals surface area contributed by atoms with Gasteiger partial charge in [-0.1, -0.05) is 60.7 Å².